The van der Waals surface area contributed by atoms with Crippen LogP contribution in [0.15, 0.2) is 24.3 Å². The summed E-state index contributed by atoms with van der Waals surface area (Å²) in [5.41, 5.74) is 5.40. The molecule has 1 aromatic carbocycles. The molecule has 2 aliphatic carbocycles. The number of carbonyl (C=O) groups excluding carboxylic acids is 2. The summed E-state index contributed by atoms with van der Waals surface area (Å²) < 4.78 is 0. The van der Waals surface area contributed by atoms with Crippen molar-refractivity contribution in [3.63, 3.8) is 0 Å². The van der Waals surface area contributed by atoms with Crippen LogP contribution < -0.4 is 0 Å². The largest absolute Gasteiger partial charge is 0.299 e. The second kappa shape index (κ2) is 5.35. The molecular weight excluding hydrogens is 248 g/mol. The van der Waals surface area contributed by atoms with Crippen LogP contribution in [0.25, 0.3) is 0 Å². The highest BCUT2D eigenvalue weighted by Gasteiger charge is 2.23. The molecular formula is C18H20O2. The van der Waals surface area contributed by atoms with Gasteiger partial charge in [-0.15, -0.1) is 0 Å². The number of carbonyl (C=O) groups is 2. The van der Waals surface area contributed by atoms with E-state index in [1.165, 1.54) is 22.3 Å². The zero-order chi connectivity index (χ0) is 14.1. The maximum absolute atomic E-state index is 11.6. The van der Waals surface area contributed by atoms with Gasteiger partial charge in [-0.05, 0) is 47.6 Å². The summed E-state index contributed by atoms with van der Waals surface area (Å²) in [5.74, 6) is 0.962. The second-order valence-corrected chi connectivity index (χ2v) is 5.81. The first-order valence-electron chi connectivity index (χ1n) is 7.55. The summed E-state index contributed by atoms with van der Waals surface area (Å²) in [4.78, 5) is 22.9. The van der Waals surface area contributed by atoms with Gasteiger partial charge in [-0.3, -0.25) is 9.59 Å². The highest BCUT2D eigenvalue weighted by Crippen LogP contribution is 2.34. The van der Waals surface area contributed by atoms with E-state index in [9.17, 15) is 9.59 Å². The molecule has 0 aliphatic heterocycles. The minimum Gasteiger partial charge on any atom is -0.299 e. The third-order valence-corrected chi connectivity index (χ3v) is 4.58. The third-order valence-electron chi connectivity index (χ3n) is 4.58. The van der Waals surface area contributed by atoms with Crippen LogP contribution in [0.2, 0.25) is 0 Å². The number of Topliss-reactive ketones (excluding diaryl/α,β-unsaturated/α-hetero) is 1. The highest BCUT2D eigenvalue weighted by molar-refractivity contribution is 5.90. The van der Waals surface area contributed by atoms with Crippen molar-refractivity contribution in [1.82, 2.24) is 0 Å². The van der Waals surface area contributed by atoms with Crippen molar-refractivity contribution in [3.8, 4) is 0 Å². The number of benzene rings is 1. The molecule has 0 N–H and O–H groups in total. The van der Waals surface area contributed by atoms with Crippen molar-refractivity contribution in [2.24, 2.45) is 0 Å². The van der Waals surface area contributed by atoms with Crippen LogP contribution in [0.3, 0.4) is 0 Å². The lowest BCUT2D eigenvalue weighted by atomic mass is 9.79. The predicted octanol–water partition coefficient (Wildman–Crippen LogP) is 3.31. The van der Waals surface area contributed by atoms with E-state index < -0.39 is 0 Å². The quantitative estimate of drug-likeness (QED) is 0.824. The Bertz CT molecular complexity index is 596. The number of allylic oxidation sites excluding steroid dienone is 2. The van der Waals surface area contributed by atoms with E-state index in [4.69, 9.17) is 0 Å². The first kappa shape index (κ1) is 13.3. The normalized spacial score (nSPS) is 21.9. The fraction of sp³-hybridized carbons (Fsp3) is 0.444. The zero-order valence-corrected chi connectivity index (χ0v) is 11.9. The first-order valence-corrected chi connectivity index (χ1v) is 7.55. The van der Waals surface area contributed by atoms with Crippen LogP contribution in [0.5, 0.6) is 0 Å². The molecule has 1 atom stereocenters. The standard InChI is InChI=1S/C18H20O2/c1-2-16-17(12-3-6-14(19)7-4-12)9-5-13-11-15(20)8-10-18(13)16/h3,5-6,9,12H,2,4,7-8,10-11H2,1H3/t12-/m1/s1. The molecule has 0 amide bonds. The fourth-order valence-corrected chi connectivity index (χ4v) is 3.53. The van der Waals surface area contributed by atoms with Gasteiger partial charge in [0.1, 0.15) is 5.78 Å². The van der Waals surface area contributed by atoms with Gasteiger partial charge < -0.3 is 0 Å². The van der Waals surface area contributed by atoms with Gasteiger partial charge in [0.25, 0.3) is 0 Å². The number of hydrogen-bond acceptors (Lipinski definition) is 2. The number of rotatable bonds is 2. The molecule has 0 saturated carbocycles. The van der Waals surface area contributed by atoms with Crippen LogP contribution in [0, 0.1) is 0 Å². The van der Waals surface area contributed by atoms with Gasteiger partial charge in [-0.2, -0.15) is 0 Å². The van der Waals surface area contributed by atoms with Crippen LogP contribution >= 0.6 is 0 Å². The average molecular weight is 268 g/mol. The zero-order valence-electron chi connectivity index (χ0n) is 11.9. The molecule has 3 rings (SSSR count). The average Bonchev–Trinajstić information content (AvgIpc) is 2.46. The maximum Gasteiger partial charge on any atom is 0.155 e. The van der Waals surface area contributed by atoms with Gasteiger partial charge in [-0.1, -0.05) is 25.1 Å². The van der Waals surface area contributed by atoms with E-state index in [2.05, 4.69) is 25.1 Å². The van der Waals surface area contributed by atoms with Gasteiger partial charge in [0, 0.05) is 25.2 Å². The highest BCUT2D eigenvalue weighted by atomic mass is 16.1. The molecule has 2 nitrogen and oxygen atoms in total. The Hall–Kier alpha value is -1.70. The fourth-order valence-electron chi connectivity index (χ4n) is 3.53. The van der Waals surface area contributed by atoms with Crippen LogP contribution in [-0.2, 0) is 28.9 Å². The van der Waals surface area contributed by atoms with Crippen molar-refractivity contribution < 1.29 is 9.59 Å². The smallest absolute Gasteiger partial charge is 0.155 e. The summed E-state index contributed by atoms with van der Waals surface area (Å²) >= 11 is 0. The predicted molar refractivity (Wildman–Crippen MR) is 79.0 cm³/mol. The van der Waals surface area contributed by atoms with E-state index in [0.29, 0.717) is 31.0 Å². The Balaban J connectivity index is 2.02. The molecule has 0 bridgehead atoms. The SMILES string of the molecule is CCc1c([C@@H]2C=CC(=O)CC2)ccc2c1CCC(=O)C2. The first-order chi connectivity index (χ1) is 9.69. The van der Waals surface area contributed by atoms with Gasteiger partial charge in [-0.25, -0.2) is 0 Å². The minimum atomic E-state index is 0.239. The Kier molecular flexibility index (Phi) is 3.56. The van der Waals surface area contributed by atoms with E-state index in [0.717, 1.165) is 19.3 Å². The number of hydrogen-bond donors (Lipinski definition) is 0. The summed E-state index contributed by atoms with van der Waals surface area (Å²) in [5, 5.41) is 0. The van der Waals surface area contributed by atoms with Gasteiger partial charge in [0.05, 0.1) is 0 Å². The topological polar surface area (TPSA) is 34.1 Å². The Morgan fingerprint density at radius 1 is 1.15 bits per heavy atom. The van der Waals surface area contributed by atoms with Crippen molar-refractivity contribution in [2.45, 2.75) is 51.4 Å². The molecule has 0 aromatic heterocycles. The molecule has 0 unspecified atom stereocenters. The molecule has 20 heavy (non-hydrogen) atoms. The van der Waals surface area contributed by atoms with Crippen molar-refractivity contribution in [2.75, 3.05) is 0 Å². The number of ketones is 2. The molecule has 1 aromatic rings. The van der Waals surface area contributed by atoms with E-state index in [1.54, 1.807) is 6.08 Å². The van der Waals surface area contributed by atoms with Crippen LogP contribution in [0.1, 0.15) is 54.4 Å². The van der Waals surface area contributed by atoms with E-state index >= 15 is 0 Å². The molecule has 0 fully saturated rings. The lowest BCUT2D eigenvalue weighted by molar-refractivity contribution is -0.118. The lowest BCUT2D eigenvalue weighted by Crippen LogP contribution is -2.17. The molecule has 0 saturated heterocycles. The number of fused-ring (bicyclic) bond motifs is 1. The van der Waals surface area contributed by atoms with Crippen molar-refractivity contribution >= 4 is 11.6 Å². The monoisotopic (exact) mass is 268 g/mol. The summed E-state index contributed by atoms with van der Waals surface area (Å²) in [6.07, 6.45) is 8.53. The van der Waals surface area contributed by atoms with Gasteiger partial charge in [0.15, 0.2) is 5.78 Å². The lowest BCUT2D eigenvalue weighted by Gasteiger charge is -2.25. The van der Waals surface area contributed by atoms with E-state index in [1.807, 2.05) is 0 Å². The van der Waals surface area contributed by atoms with Crippen molar-refractivity contribution in [1.29, 1.82) is 0 Å². The van der Waals surface area contributed by atoms with Crippen LogP contribution in [-0.4, -0.2) is 11.6 Å². The summed E-state index contributed by atoms with van der Waals surface area (Å²) in [6, 6.07) is 4.31. The third kappa shape index (κ3) is 2.35. The van der Waals surface area contributed by atoms with Crippen molar-refractivity contribution in [3.05, 3.63) is 46.5 Å². The molecule has 2 heteroatoms. The molecule has 2 aliphatic rings. The Labute approximate surface area is 119 Å². The van der Waals surface area contributed by atoms with E-state index in [-0.39, 0.29) is 5.78 Å². The Morgan fingerprint density at radius 2 is 2.00 bits per heavy atom. The molecule has 0 heterocycles. The molecule has 0 radical (unpaired) electrons. The minimum absolute atomic E-state index is 0.239. The van der Waals surface area contributed by atoms with Crippen LogP contribution in [0.4, 0.5) is 0 Å². The van der Waals surface area contributed by atoms with Gasteiger partial charge in [0.2, 0.25) is 0 Å². The van der Waals surface area contributed by atoms with Gasteiger partial charge >= 0.3 is 0 Å². The molecule has 0 spiro atoms. The second-order valence-electron chi connectivity index (χ2n) is 5.81. The maximum atomic E-state index is 11.6. The summed E-state index contributed by atoms with van der Waals surface area (Å²) in [7, 11) is 0. The Morgan fingerprint density at radius 3 is 2.70 bits per heavy atom. The summed E-state index contributed by atoms with van der Waals surface area (Å²) in [6.45, 7) is 2.19. The molecule has 104 valence electrons.